The van der Waals surface area contributed by atoms with Crippen LogP contribution in [0.4, 0.5) is 6.01 Å². The molecule has 1 aromatic carbocycles. The highest BCUT2D eigenvalue weighted by atomic mass is 35.5. The van der Waals surface area contributed by atoms with Crippen LogP contribution in [0.5, 0.6) is 0 Å². The molecule has 0 saturated carbocycles. The average Bonchev–Trinajstić information content (AvgIpc) is 2.60. The van der Waals surface area contributed by atoms with Gasteiger partial charge in [0.2, 0.25) is 0 Å². The number of nitrogens with one attached hydrogen (secondary N) is 1. The summed E-state index contributed by atoms with van der Waals surface area (Å²) in [6, 6.07) is 8.06. The second-order valence-corrected chi connectivity index (χ2v) is 3.62. The summed E-state index contributed by atoms with van der Waals surface area (Å²) in [5, 5.41) is 3.56. The molecule has 0 radical (unpaired) electrons. The SMILES string of the molecule is CNc1nc(-c2cccc(Cl)c2)c(C)o1. The number of benzene rings is 1. The summed E-state index contributed by atoms with van der Waals surface area (Å²) in [5.41, 5.74) is 1.78. The molecule has 0 amide bonds. The number of aromatic nitrogens is 1. The molecule has 0 fully saturated rings. The first-order chi connectivity index (χ1) is 7.20. The summed E-state index contributed by atoms with van der Waals surface area (Å²) in [6.45, 7) is 1.88. The molecule has 2 aromatic rings. The molecular weight excluding hydrogens is 212 g/mol. The fourth-order valence-electron chi connectivity index (χ4n) is 1.41. The van der Waals surface area contributed by atoms with Crippen LogP contribution in [0.2, 0.25) is 5.02 Å². The summed E-state index contributed by atoms with van der Waals surface area (Å²) in [5.74, 6) is 0.779. The lowest BCUT2D eigenvalue weighted by molar-refractivity contribution is 0.544. The van der Waals surface area contributed by atoms with Gasteiger partial charge in [0.1, 0.15) is 11.5 Å². The molecule has 0 aliphatic heterocycles. The molecule has 2 rings (SSSR count). The number of aryl methyl sites for hydroxylation is 1. The van der Waals surface area contributed by atoms with Crippen LogP contribution in [0.1, 0.15) is 5.76 Å². The van der Waals surface area contributed by atoms with Gasteiger partial charge in [-0.2, -0.15) is 4.98 Å². The summed E-state index contributed by atoms with van der Waals surface area (Å²) in [6.07, 6.45) is 0. The maximum absolute atomic E-state index is 5.91. The van der Waals surface area contributed by atoms with Crippen LogP contribution < -0.4 is 5.32 Å². The van der Waals surface area contributed by atoms with Gasteiger partial charge in [0.05, 0.1) is 0 Å². The maximum Gasteiger partial charge on any atom is 0.295 e. The predicted molar refractivity (Wildman–Crippen MR) is 61.2 cm³/mol. The van der Waals surface area contributed by atoms with Gasteiger partial charge in [0.25, 0.3) is 6.01 Å². The minimum atomic E-state index is 0.516. The molecule has 0 unspecified atom stereocenters. The third-order valence-electron chi connectivity index (χ3n) is 2.11. The fraction of sp³-hybridized carbons (Fsp3) is 0.182. The van der Waals surface area contributed by atoms with Gasteiger partial charge in [-0.3, -0.25) is 0 Å². The van der Waals surface area contributed by atoms with Crippen LogP contribution in [-0.2, 0) is 0 Å². The minimum absolute atomic E-state index is 0.516. The van der Waals surface area contributed by atoms with Gasteiger partial charge < -0.3 is 9.73 Å². The van der Waals surface area contributed by atoms with E-state index in [1.165, 1.54) is 0 Å². The van der Waals surface area contributed by atoms with Crippen LogP contribution in [0.15, 0.2) is 28.7 Å². The minimum Gasteiger partial charge on any atom is -0.428 e. The van der Waals surface area contributed by atoms with E-state index >= 15 is 0 Å². The van der Waals surface area contributed by atoms with Crippen molar-refractivity contribution in [1.82, 2.24) is 4.98 Å². The smallest absolute Gasteiger partial charge is 0.295 e. The van der Waals surface area contributed by atoms with Crippen molar-refractivity contribution in [3.8, 4) is 11.3 Å². The molecular formula is C11H11ClN2O. The van der Waals surface area contributed by atoms with E-state index in [1.807, 2.05) is 31.2 Å². The molecule has 78 valence electrons. The van der Waals surface area contributed by atoms with Crippen LogP contribution in [-0.4, -0.2) is 12.0 Å². The molecule has 0 atom stereocenters. The van der Waals surface area contributed by atoms with E-state index in [0.29, 0.717) is 11.0 Å². The summed E-state index contributed by atoms with van der Waals surface area (Å²) >= 11 is 5.91. The fourth-order valence-corrected chi connectivity index (χ4v) is 1.60. The lowest BCUT2D eigenvalue weighted by Crippen LogP contribution is -1.86. The van der Waals surface area contributed by atoms with Gasteiger partial charge in [-0.1, -0.05) is 23.7 Å². The van der Waals surface area contributed by atoms with Crippen molar-refractivity contribution in [2.24, 2.45) is 0 Å². The molecule has 0 aliphatic carbocycles. The van der Waals surface area contributed by atoms with Gasteiger partial charge >= 0.3 is 0 Å². The Hall–Kier alpha value is -1.48. The van der Waals surface area contributed by atoms with E-state index in [-0.39, 0.29) is 0 Å². The van der Waals surface area contributed by atoms with E-state index in [4.69, 9.17) is 16.0 Å². The van der Waals surface area contributed by atoms with E-state index in [1.54, 1.807) is 7.05 Å². The van der Waals surface area contributed by atoms with Gasteiger partial charge in [0.15, 0.2) is 0 Å². The molecule has 0 spiro atoms. The first-order valence-electron chi connectivity index (χ1n) is 4.62. The molecule has 0 bridgehead atoms. The number of hydrogen-bond acceptors (Lipinski definition) is 3. The first kappa shape index (κ1) is 10.1. The van der Waals surface area contributed by atoms with Crippen LogP contribution in [0.3, 0.4) is 0 Å². The Morgan fingerprint density at radius 1 is 1.40 bits per heavy atom. The molecule has 0 aliphatic rings. The topological polar surface area (TPSA) is 38.1 Å². The van der Waals surface area contributed by atoms with E-state index < -0.39 is 0 Å². The van der Waals surface area contributed by atoms with Crippen molar-refractivity contribution < 1.29 is 4.42 Å². The number of rotatable bonds is 2. The zero-order chi connectivity index (χ0) is 10.8. The third-order valence-corrected chi connectivity index (χ3v) is 2.34. The second-order valence-electron chi connectivity index (χ2n) is 3.18. The second kappa shape index (κ2) is 3.95. The number of anilines is 1. The van der Waals surface area contributed by atoms with Crippen molar-refractivity contribution in [1.29, 1.82) is 0 Å². The number of nitrogens with zero attached hydrogens (tertiary/aromatic N) is 1. The van der Waals surface area contributed by atoms with Crippen molar-refractivity contribution >= 4 is 17.6 Å². The highest BCUT2D eigenvalue weighted by Crippen LogP contribution is 2.27. The van der Waals surface area contributed by atoms with Crippen molar-refractivity contribution in [3.05, 3.63) is 35.0 Å². The normalized spacial score (nSPS) is 10.3. The summed E-state index contributed by atoms with van der Waals surface area (Å²) < 4.78 is 5.39. The average molecular weight is 223 g/mol. The van der Waals surface area contributed by atoms with Gasteiger partial charge in [0, 0.05) is 17.6 Å². The summed E-state index contributed by atoms with van der Waals surface area (Å²) in [7, 11) is 1.77. The van der Waals surface area contributed by atoms with Crippen molar-refractivity contribution in [3.63, 3.8) is 0 Å². The number of hydrogen-bond donors (Lipinski definition) is 1. The van der Waals surface area contributed by atoms with Crippen molar-refractivity contribution in [2.75, 3.05) is 12.4 Å². The summed E-state index contributed by atoms with van der Waals surface area (Å²) in [4.78, 5) is 4.30. The quantitative estimate of drug-likeness (QED) is 0.847. The van der Waals surface area contributed by atoms with Crippen LogP contribution in [0.25, 0.3) is 11.3 Å². The molecule has 15 heavy (non-hydrogen) atoms. The maximum atomic E-state index is 5.91. The van der Waals surface area contributed by atoms with Crippen molar-refractivity contribution in [2.45, 2.75) is 6.92 Å². The Morgan fingerprint density at radius 3 is 2.80 bits per heavy atom. The molecule has 4 heteroatoms. The molecule has 1 aromatic heterocycles. The van der Waals surface area contributed by atoms with Gasteiger partial charge in [-0.15, -0.1) is 0 Å². The lowest BCUT2D eigenvalue weighted by atomic mass is 10.1. The van der Waals surface area contributed by atoms with E-state index in [2.05, 4.69) is 10.3 Å². The third kappa shape index (κ3) is 1.97. The zero-order valence-electron chi connectivity index (χ0n) is 8.54. The Bertz CT molecular complexity index is 479. The van der Waals surface area contributed by atoms with Crippen LogP contribution >= 0.6 is 11.6 Å². The predicted octanol–water partition coefficient (Wildman–Crippen LogP) is 3.35. The van der Waals surface area contributed by atoms with E-state index in [0.717, 1.165) is 17.0 Å². The number of oxazole rings is 1. The molecule has 0 saturated heterocycles. The first-order valence-corrected chi connectivity index (χ1v) is 4.99. The highest BCUT2D eigenvalue weighted by Gasteiger charge is 2.10. The Balaban J connectivity index is 2.48. The molecule has 1 N–H and O–H groups in total. The standard InChI is InChI=1S/C11H11ClN2O/c1-7-10(14-11(13-2)15-7)8-4-3-5-9(12)6-8/h3-6H,1-2H3,(H,13,14). The monoisotopic (exact) mass is 222 g/mol. The molecule has 3 nitrogen and oxygen atoms in total. The Labute approximate surface area is 93.1 Å². The van der Waals surface area contributed by atoms with Gasteiger partial charge in [-0.25, -0.2) is 0 Å². The highest BCUT2D eigenvalue weighted by molar-refractivity contribution is 6.30. The Kier molecular flexibility index (Phi) is 2.64. The largest absolute Gasteiger partial charge is 0.428 e. The Morgan fingerprint density at radius 2 is 2.20 bits per heavy atom. The number of halogens is 1. The van der Waals surface area contributed by atoms with Crippen LogP contribution in [0, 0.1) is 6.92 Å². The zero-order valence-corrected chi connectivity index (χ0v) is 9.30. The van der Waals surface area contributed by atoms with Gasteiger partial charge in [-0.05, 0) is 19.1 Å². The lowest BCUT2D eigenvalue weighted by Gasteiger charge is -1.97. The van der Waals surface area contributed by atoms with E-state index in [9.17, 15) is 0 Å². The molecule has 1 heterocycles.